The van der Waals surface area contributed by atoms with Gasteiger partial charge in [-0.15, -0.1) is 0 Å². The highest BCUT2D eigenvalue weighted by molar-refractivity contribution is 6.30. The second-order valence-electron chi connectivity index (χ2n) is 6.57. The summed E-state index contributed by atoms with van der Waals surface area (Å²) >= 11 is 5.94. The molecule has 0 aliphatic carbocycles. The molecule has 1 amide bonds. The molecule has 1 atom stereocenters. The van der Waals surface area contributed by atoms with Crippen LogP contribution in [0.4, 0.5) is 0 Å². The minimum absolute atomic E-state index is 0.0757. The summed E-state index contributed by atoms with van der Waals surface area (Å²) in [6, 6.07) is 18.3. The number of hydrogen-bond donors (Lipinski definition) is 1. The zero-order chi connectivity index (χ0) is 18.2. The monoisotopic (exact) mass is 372 g/mol. The van der Waals surface area contributed by atoms with Crippen molar-refractivity contribution in [3.8, 4) is 0 Å². The van der Waals surface area contributed by atoms with Gasteiger partial charge in [-0.05, 0) is 36.1 Å². The third-order valence-electron chi connectivity index (χ3n) is 4.63. The van der Waals surface area contributed by atoms with Crippen LogP contribution in [-0.2, 0) is 16.1 Å². The zero-order valence-corrected chi connectivity index (χ0v) is 15.6. The fraction of sp³-hybridized carbons (Fsp3) is 0.381. The van der Waals surface area contributed by atoms with Crippen LogP contribution in [0.25, 0.3) is 0 Å². The van der Waals surface area contributed by atoms with Gasteiger partial charge in [0.1, 0.15) is 0 Å². The molecule has 4 nitrogen and oxygen atoms in total. The number of nitrogens with one attached hydrogen (secondary N) is 1. The molecule has 1 unspecified atom stereocenters. The molecule has 1 heterocycles. The number of rotatable bonds is 9. The molecule has 0 saturated carbocycles. The first kappa shape index (κ1) is 18.9. The van der Waals surface area contributed by atoms with Gasteiger partial charge in [0.15, 0.2) is 0 Å². The lowest BCUT2D eigenvalue weighted by Crippen LogP contribution is -2.46. The average Bonchev–Trinajstić information content (AvgIpc) is 2.64. The summed E-state index contributed by atoms with van der Waals surface area (Å²) in [7, 11) is 0. The molecule has 1 fully saturated rings. The average molecular weight is 373 g/mol. The van der Waals surface area contributed by atoms with Crippen LogP contribution >= 0.6 is 11.6 Å². The van der Waals surface area contributed by atoms with Gasteiger partial charge < -0.3 is 10.1 Å². The third-order valence-corrected chi connectivity index (χ3v) is 4.88. The van der Waals surface area contributed by atoms with Crippen LogP contribution < -0.4 is 5.32 Å². The lowest BCUT2D eigenvalue weighted by molar-refractivity contribution is -0.124. The minimum Gasteiger partial charge on any atom is -0.377 e. The molecule has 0 bridgehead atoms. The van der Waals surface area contributed by atoms with Crippen molar-refractivity contribution in [1.29, 1.82) is 0 Å². The number of likely N-dealkylation sites (tertiary alicyclic amines) is 1. The van der Waals surface area contributed by atoms with Gasteiger partial charge in [0, 0.05) is 30.8 Å². The summed E-state index contributed by atoms with van der Waals surface area (Å²) in [5.74, 6) is 0.0757. The number of carbonyl (C=O) groups excluding carboxylic acids is 1. The van der Waals surface area contributed by atoms with Crippen molar-refractivity contribution in [2.45, 2.75) is 25.5 Å². The third kappa shape index (κ3) is 5.56. The zero-order valence-electron chi connectivity index (χ0n) is 14.9. The SMILES string of the molecule is O=C(CN1CCC1c1ccc(Cl)cc1)NCCCOCc1ccccc1. The number of ether oxygens (including phenoxy) is 1. The maximum Gasteiger partial charge on any atom is 0.234 e. The van der Waals surface area contributed by atoms with Crippen molar-refractivity contribution in [2.24, 2.45) is 0 Å². The van der Waals surface area contributed by atoms with E-state index in [0.29, 0.717) is 32.3 Å². The van der Waals surface area contributed by atoms with Crippen LogP contribution in [0.15, 0.2) is 54.6 Å². The number of hydrogen-bond acceptors (Lipinski definition) is 3. The maximum atomic E-state index is 12.1. The van der Waals surface area contributed by atoms with E-state index in [9.17, 15) is 4.79 Å². The molecule has 1 N–H and O–H groups in total. The molecule has 2 aromatic carbocycles. The first-order chi connectivity index (χ1) is 12.7. The van der Waals surface area contributed by atoms with Gasteiger partial charge in [-0.25, -0.2) is 0 Å². The molecule has 138 valence electrons. The molecule has 26 heavy (non-hydrogen) atoms. The Labute approximate surface area is 160 Å². The minimum atomic E-state index is 0.0757. The van der Waals surface area contributed by atoms with Crippen LogP contribution in [0.1, 0.15) is 30.0 Å². The predicted molar refractivity (Wildman–Crippen MR) is 104 cm³/mol. The first-order valence-electron chi connectivity index (χ1n) is 9.10. The van der Waals surface area contributed by atoms with Crippen LogP contribution in [0.3, 0.4) is 0 Å². The number of carbonyl (C=O) groups is 1. The van der Waals surface area contributed by atoms with Gasteiger partial charge in [-0.3, -0.25) is 9.69 Å². The van der Waals surface area contributed by atoms with E-state index >= 15 is 0 Å². The summed E-state index contributed by atoms with van der Waals surface area (Å²) in [5, 5.41) is 3.72. The summed E-state index contributed by atoms with van der Waals surface area (Å²) in [5.41, 5.74) is 2.39. The standard InChI is InChI=1S/C21H25ClN2O2/c22-19-9-7-18(8-10-19)20-11-13-24(20)15-21(25)23-12-4-14-26-16-17-5-2-1-3-6-17/h1-3,5-10,20H,4,11-16H2,(H,23,25). The second-order valence-corrected chi connectivity index (χ2v) is 7.00. The van der Waals surface area contributed by atoms with Crippen molar-refractivity contribution >= 4 is 17.5 Å². The molecule has 1 aliphatic heterocycles. The lowest BCUT2D eigenvalue weighted by atomic mass is 9.95. The predicted octanol–water partition coefficient (Wildman–Crippen LogP) is 3.81. The number of nitrogens with zero attached hydrogens (tertiary/aromatic N) is 1. The van der Waals surface area contributed by atoms with Gasteiger partial charge in [0.2, 0.25) is 5.91 Å². The summed E-state index contributed by atoms with van der Waals surface area (Å²) in [6.45, 7) is 3.31. The molecule has 1 aliphatic rings. The van der Waals surface area contributed by atoms with Gasteiger partial charge >= 0.3 is 0 Å². The molecule has 0 radical (unpaired) electrons. The summed E-state index contributed by atoms with van der Waals surface area (Å²) in [4.78, 5) is 14.3. The Morgan fingerprint density at radius 2 is 1.92 bits per heavy atom. The quantitative estimate of drug-likeness (QED) is 0.680. The summed E-state index contributed by atoms with van der Waals surface area (Å²) in [6.07, 6.45) is 1.90. The van der Waals surface area contributed by atoms with Crippen LogP contribution in [0.2, 0.25) is 5.02 Å². The van der Waals surface area contributed by atoms with Crippen molar-refractivity contribution in [3.63, 3.8) is 0 Å². The van der Waals surface area contributed by atoms with Crippen molar-refractivity contribution in [3.05, 3.63) is 70.7 Å². The molecular formula is C21H25ClN2O2. The van der Waals surface area contributed by atoms with Crippen molar-refractivity contribution < 1.29 is 9.53 Å². The van der Waals surface area contributed by atoms with Gasteiger partial charge in [0.05, 0.1) is 13.2 Å². The van der Waals surface area contributed by atoms with E-state index in [4.69, 9.17) is 16.3 Å². The summed E-state index contributed by atoms with van der Waals surface area (Å²) < 4.78 is 5.63. The molecule has 0 spiro atoms. The number of halogens is 1. The Morgan fingerprint density at radius 3 is 2.62 bits per heavy atom. The van der Waals surface area contributed by atoms with E-state index in [1.165, 1.54) is 11.1 Å². The highest BCUT2D eigenvalue weighted by Gasteiger charge is 2.30. The normalized spacial score (nSPS) is 16.9. The Balaban J connectivity index is 1.29. The van der Waals surface area contributed by atoms with Crippen LogP contribution in [0, 0.1) is 0 Å². The molecular weight excluding hydrogens is 348 g/mol. The van der Waals surface area contributed by atoms with E-state index in [0.717, 1.165) is 24.4 Å². The van der Waals surface area contributed by atoms with Crippen molar-refractivity contribution in [2.75, 3.05) is 26.2 Å². The molecule has 5 heteroatoms. The molecule has 1 saturated heterocycles. The van der Waals surface area contributed by atoms with E-state index in [-0.39, 0.29) is 5.91 Å². The van der Waals surface area contributed by atoms with Crippen LogP contribution in [-0.4, -0.2) is 37.0 Å². The smallest absolute Gasteiger partial charge is 0.234 e. The van der Waals surface area contributed by atoms with E-state index in [1.54, 1.807) is 0 Å². The molecule has 3 rings (SSSR count). The van der Waals surface area contributed by atoms with Crippen molar-refractivity contribution in [1.82, 2.24) is 10.2 Å². The van der Waals surface area contributed by atoms with Gasteiger partial charge in [-0.2, -0.15) is 0 Å². The fourth-order valence-electron chi connectivity index (χ4n) is 3.10. The Bertz CT molecular complexity index is 691. The number of amides is 1. The largest absolute Gasteiger partial charge is 0.377 e. The molecule has 0 aromatic heterocycles. The Hall–Kier alpha value is -1.88. The van der Waals surface area contributed by atoms with E-state index < -0.39 is 0 Å². The number of benzene rings is 2. The lowest BCUT2D eigenvalue weighted by Gasteiger charge is -2.40. The van der Waals surface area contributed by atoms with E-state index in [1.807, 2.05) is 54.6 Å². The molecule has 2 aromatic rings. The van der Waals surface area contributed by atoms with Gasteiger partial charge in [-0.1, -0.05) is 54.1 Å². The van der Waals surface area contributed by atoms with Gasteiger partial charge in [0.25, 0.3) is 0 Å². The highest BCUT2D eigenvalue weighted by Crippen LogP contribution is 2.33. The Morgan fingerprint density at radius 1 is 1.15 bits per heavy atom. The highest BCUT2D eigenvalue weighted by atomic mass is 35.5. The Kier molecular flexibility index (Phi) is 7.06. The second kappa shape index (κ2) is 9.72. The first-order valence-corrected chi connectivity index (χ1v) is 9.48. The maximum absolute atomic E-state index is 12.1. The van der Waals surface area contributed by atoms with Crippen LogP contribution in [0.5, 0.6) is 0 Å². The fourth-order valence-corrected chi connectivity index (χ4v) is 3.23. The topological polar surface area (TPSA) is 41.6 Å². The van der Waals surface area contributed by atoms with E-state index in [2.05, 4.69) is 10.2 Å².